The van der Waals surface area contributed by atoms with Gasteiger partial charge in [0, 0.05) is 31.3 Å². The third-order valence-electron chi connectivity index (χ3n) is 6.55. The van der Waals surface area contributed by atoms with Crippen LogP contribution in [0.2, 0.25) is 0 Å². The van der Waals surface area contributed by atoms with Gasteiger partial charge in [-0.25, -0.2) is 4.98 Å². The van der Waals surface area contributed by atoms with Gasteiger partial charge in [-0.3, -0.25) is 4.98 Å². The van der Waals surface area contributed by atoms with Gasteiger partial charge in [0.15, 0.2) is 0 Å². The van der Waals surface area contributed by atoms with Gasteiger partial charge in [0.25, 0.3) is 0 Å². The second-order valence-electron chi connectivity index (χ2n) is 10.6. The first kappa shape index (κ1) is 20.7. The molecule has 0 N–H and O–H groups in total. The van der Waals surface area contributed by atoms with Crippen molar-refractivity contribution in [1.82, 2.24) is 9.97 Å². The molecule has 36 heavy (non-hydrogen) atoms. The van der Waals surface area contributed by atoms with Crippen molar-refractivity contribution in [3.05, 3.63) is 82.5 Å². The number of benzene rings is 3. The molecule has 0 radical (unpaired) electrons. The number of hydrogen-bond donors (Lipinski definition) is 0. The number of thiazole rings is 1. The van der Waals surface area contributed by atoms with E-state index in [9.17, 15) is 0 Å². The number of rotatable bonds is 3. The summed E-state index contributed by atoms with van der Waals surface area (Å²) in [5, 5.41) is 3.14. The second-order valence-corrected chi connectivity index (χ2v) is 11.8. The van der Waals surface area contributed by atoms with Gasteiger partial charge in [0.05, 0.1) is 20.9 Å². The third-order valence-corrected chi connectivity index (χ3v) is 7.49. The van der Waals surface area contributed by atoms with Crippen LogP contribution in [0.5, 0.6) is 0 Å². The standard InChI is InChI=1S/C32H30N2OS/c1-18-9-7-10-19(2)30(18)24-13-26(33-17-21(24)16-32(4,5)6)23-12-8-11-22-25-14-29-27(34-20(3)36-29)15-28(25)35-31(22)23/h7-15,17H,16H2,1-6H3/i16D2. The molecule has 0 bridgehead atoms. The average molecular weight is 493 g/mol. The molecule has 0 fully saturated rings. The molecule has 4 heteroatoms. The van der Waals surface area contributed by atoms with E-state index in [1.807, 2.05) is 58.0 Å². The first-order chi connectivity index (χ1) is 18.0. The summed E-state index contributed by atoms with van der Waals surface area (Å²) in [6.45, 7) is 12.0. The highest BCUT2D eigenvalue weighted by Crippen LogP contribution is 2.40. The van der Waals surface area contributed by atoms with E-state index in [1.54, 1.807) is 17.5 Å². The Labute approximate surface area is 218 Å². The van der Waals surface area contributed by atoms with Crippen molar-refractivity contribution in [3.8, 4) is 22.4 Å². The van der Waals surface area contributed by atoms with Crippen LogP contribution in [0, 0.1) is 26.2 Å². The summed E-state index contributed by atoms with van der Waals surface area (Å²) >= 11 is 1.69. The van der Waals surface area contributed by atoms with Gasteiger partial charge in [-0.15, -0.1) is 11.3 Å². The number of para-hydroxylation sites is 1. The first-order valence-corrected chi connectivity index (χ1v) is 13.1. The van der Waals surface area contributed by atoms with E-state index in [4.69, 9.17) is 12.1 Å². The van der Waals surface area contributed by atoms with Crippen molar-refractivity contribution in [2.75, 3.05) is 0 Å². The lowest BCUT2D eigenvalue weighted by Crippen LogP contribution is -2.11. The highest BCUT2D eigenvalue weighted by molar-refractivity contribution is 7.18. The molecule has 180 valence electrons. The monoisotopic (exact) mass is 492 g/mol. The van der Waals surface area contributed by atoms with E-state index in [0.717, 1.165) is 70.7 Å². The molecule has 0 unspecified atom stereocenters. The molecule has 0 aliphatic carbocycles. The number of hydrogen-bond acceptors (Lipinski definition) is 4. The van der Waals surface area contributed by atoms with Gasteiger partial charge >= 0.3 is 0 Å². The van der Waals surface area contributed by atoms with Crippen LogP contribution in [-0.4, -0.2) is 9.97 Å². The highest BCUT2D eigenvalue weighted by atomic mass is 32.1. The van der Waals surface area contributed by atoms with Gasteiger partial charge in [-0.2, -0.15) is 0 Å². The summed E-state index contributed by atoms with van der Waals surface area (Å²) < 4.78 is 25.8. The molecular formula is C32H30N2OS. The smallest absolute Gasteiger partial charge is 0.144 e. The number of aryl methyl sites for hydroxylation is 3. The Morgan fingerprint density at radius 1 is 0.917 bits per heavy atom. The third kappa shape index (κ3) is 3.90. The predicted molar refractivity (Wildman–Crippen MR) is 153 cm³/mol. The van der Waals surface area contributed by atoms with E-state index < -0.39 is 11.8 Å². The first-order valence-electron chi connectivity index (χ1n) is 13.3. The van der Waals surface area contributed by atoms with E-state index in [-0.39, 0.29) is 0 Å². The fourth-order valence-corrected chi connectivity index (χ4v) is 5.94. The number of nitrogens with zero attached hydrogens (tertiary/aromatic N) is 2. The van der Waals surface area contributed by atoms with Crippen molar-refractivity contribution in [3.63, 3.8) is 0 Å². The normalized spacial score (nSPS) is 13.5. The molecular weight excluding hydrogens is 460 g/mol. The Bertz CT molecular complexity index is 1850. The summed E-state index contributed by atoms with van der Waals surface area (Å²) in [7, 11) is 0. The number of pyridine rings is 1. The van der Waals surface area contributed by atoms with Crippen LogP contribution >= 0.6 is 11.3 Å². The zero-order chi connectivity index (χ0) is 27.0. The number of furan rings is 1. The molecule has 3 aromatic carbocycles. The maximum absolute atomic E-state index is 9.10. The van der Waals surface area contributed by atoms with E-state index in [0.29, 0.717) is 5.56 Å². The maximum atomic E-state index is 9.10. The fraction of sp³-hybridized carbons (Fsp3) is 0.250. The lowest BCUT2D eigenvalue weighted by molar-refractivity contribution is 0.411. The van der Waals surface area contributed by atoms with Crippen molar-refractivity contribution >= 4 is 43.5 Å². The molecule has 3 heterocycles. The molecule has 6 aromatic rings. The van der Waals surface area contributed by atoms with Gasteiger partial charge in [0.2, 0.25) is 0 Å². The summed E-state index contributed by atoms with van der Waals surface area (Å²) in [5.74, 6) is 0. The SMILES string of the molecule is [2H]C([2H])(c1cnc(-c2cccc3c2oc2cc4nc(C)sc4cc23)cc1-c1c(C)cccc1C)C(C)(C)C. The Morgan fingerprint density at radius 2 is 1.67 bits per heavy atom. The minimum Gasteiger partial charge on any atom is -0.455 e. The molecule has 0 amide bonds. The van der Waals surface area contributed by atoms with E-state index >= 15 is 0 Å². The van der Waals surface area contributed by atoms with E-state index in [1.165, 1.54) is 0 Å². The summed E-state index contributed by atoms with van der Waals surface area (Å²) in [6, 6.07) is 18.6. The van der Waals surface area contributed by atoms with Crippen LogP contribution in [0.15, 0.2) is 65.2 Å². The van der Waals surface area contributed by atoms with Crippen molar-refractivity contribution in [2.24, 2.45) is 5.41 Å². The van der Waals surface area contributed by atoms with Crippen LogP contribution in [0.4, 0.5) is 0 Å². The Morgan fingerprint density at radius 3 is 2.42 bits per heavy atom. The van der Waals surface area contributed by atoms with E-state index in [2.05, 4.69) is 43.1 Å². The molecule has 0 saturated carbocycles. The lowest BCUT2D eigenvalue weighted by atomic mass is 9.83. The topological polar surface area (TPSA) is 38.9 Å². The highest BCUT2D eigenvalue weighted by Gasteiger charge is 2.20. The minimum atomic E-state index is -1.59. The van der Waals surface area contributed by atoms with Gasteiger partial charge in [-0.05, 0) is 78.6 Å². The fourth-order valence-electron chi connectivity index (χ4n) is 5.09. The summed E-state index contributed by atoms with van der Waals surface area (Å²) in [6.07, 6.45) is 0.136. The van der Waals surface area contributed by atoms with Crippen LogP contribution in [0.1, 0.15) is 45.2 Å². The molecule has 0 atom stereocenters. The van der Waals surface area contributed by atoms with Crippen LogP contribution in [0.3, 0.4) is 0 Å². The molecule has 0 aliphatic heterocycles. The minimum absolute atomic E-state index is 0.601. The molecule has 3 nitrogen and oxygen atoms in total. The number of aromatic nitrogens is 2. The van der Waals surface area contributed by atoms with Gasteiger partial charge in [0.1, 0.15) is 11.2 Å². The molecule has 0 saturated heterocycles. The largest absolute Gasteiger partial charge is 0.455 e. The molecule has 0 aliphatic rings. The average Bonchev–Trinajstić information content (AvgIpc) is 3.39. The summed E-state index contributed by atoms with van der Waals surface area (Å²) in [5.41, 5.74) is 8.32. The zero-order valence-corrected chi connectivity index (χ0v) is 22.3. The zero-order valence-electron chi connectivity index (χ0n) is 23.5. The van der Waals surface area contributed by atoms with Gasteiger partial charge < -0.3 is 4.42 Å². The van der Waals surface area contributed by atoms with Crippen LogP contribution in [0.25, 0.3) is 54.5 Å². The second kappa shape index (κ2) is 8.28. The van der Waals surface area contributed by atoms with Crippen LogP contribution < -0.4 is 0 Å². The Balaban J connectivity index is 1.63. The van der Waals surface area contributed by atoms with Gasteiger partial charge in [-0.1, -0.05) is 51.1 Å². The molecule has 3 aromatic heterocycles. The predicted octanol–water partition coefficient (Wildman–Crippen LogP) is 9.44. The Kier molecular flexibility index (Phi) is 4.75. The molecule has 6 rings (SSSR count). The van der Waals surface area contributed by atoms with Crippen molar-refractivity contribution < 1.29 is 7.16 Å². The summed E-state index contributed by atoms with van der Waals surface area (Å²) in [4.78, 5) is 9.48. The Hall–Kier alpha value is -3.50. The van der Waals surface area contributed by atoms with Crippen molar-refractivity contribution in [2.45, 2.75) is 47.9 Å². The molecule has 0 spiro atoms. The maximum Gasteiger partial charge on any atom is 0.144 e. The van der Waals surface area contributed by atoms with Crippen LogP contribution in [-0.2, 0) is 6.37 Å². The quantitative estimate of drug-likeness (QED) is 0.247. The van der Waals surface area contributed by atoms with Crippen molar-refractivity contribution in [1.29, 1.82) is 0 Å². The lowest BCUT2D eigenvalue weighted by Gasteiger charge is -2.22. The number of fused-ring (bicyclic) bond motifs is 4.